The fourth-order valence-electron chi connectivity index (χ4n) is 2.02. The van der Waals surface area contributed by atoms with E-state index in [1.807, 2.05) is 0 Å². The standard InChI is InChI=1S/C16H28N2O4/c1-2-14(19)17-12-10-8-6-4-3-5-7-9-11-15(20)18-13-16(21)22/h2H,1,3-13H2,(H,17,19)(H,18,20)(H,21,22). The quantitative estimate of drug-likeness (QED) is 0.338. The zero-order valence-electron chi connectivity index (χ0n) is 13.2. The molecule has 3 N–H and O–H groups in total. The molecule has 0 aliphatic rings. The summed E-state index contributed by atoms with van der Waals surface area (Å²) < 4.78 is 0. The molecular formula is C16H28N2O4. The molecule has 0 heterocycles. The van der Waals surface area contributed by atoms with Crippen LogP contribution in [0.2, 0.25) is 0 Å². The van der Waals surface area contributed by atoms with Gasteiger partial charge in [0.2, 0.25) is 11.8 Å². The molecule has 2 amide bonds. The Morgan fingerprint density at radius 1 is 0.864 bits per heavy atom. The highest BCUT2D eigenvalue weighted by Gasteiger charge is 2.03. The molecular weight excluding hydrogens is 284 g/mol. The third kappa shape index (κ3) is 14.6. The first-order valence-electron chi connectivity index (χ1n) is 7.95. The number of amides is 2. The van der Waals surface area contributed by atoms with E-state index in [1.54, 1.807) is 0 Å². The Hall–Kier alpha value is -1.85. The van der Waals surface area contributed by atoms with Gasteiger partial charge in [0.15, 0.2) is 0 Å². The number of carboxylic acid groups (broad SMARTS) is 1. The maximum Gasteiger partial charge on any atom is 0.322 e. The molecule has 0 aromatic carbocycles. The minimum Gasteiger partial charge on any atom is -0.480 e. The molecule has 0 saturated heterocycles. The van der Waals surface area contributed by atoms with Crippen LogP contribution in [0.1, 0.15) is 57.8 Å². The topological polar surface area (TPSA) is 95.5 Å². The number of aliphatic carboxylic acids is 1. The summed E-state index contributed by atoms with van der Waals surface area (Å²) in [6.07, 6.45) is 10.1. The van der Waals surface area contributed by atoms with Gasteiger partial charge < -0.3 is 15.7 Å². The van der Waals surface area contributed by atoms with E-state index in [4.69, 9.17) is 5.11 Å². The summed E-state index contributed by atoms with van der Waals surface area (Å²) >= 11 is 0. The Labute approximate surface area is 132 Å². The average Bonchev–Trinajstić information content (AvgIpc) is 2.50. The zero-order chi connectivity index (χ0) is 16.6. The average molecular weight is 312 g/mol. The normalized spacial score (nSPS) is 10.0. The predicted octanol–water partition coefficient (Wildman–Crippen LogP) is 2.00. The van der Waals surface area contributed by atoms with Gasteiger partial charge in [-0.05, 0) is 18.9 Å². The smallest absolute Gasteiger partial charge is 0.322 e. The molecule has 0 bridgehead atoms. The summed E-state index contributed by atoms with van der Waals surface area (Å²) in [6.45, 7) is 3.80. The van der Waals surface area contributed by atoms with Crippen LogP contribution in [0.25, 0.3) is 0 Å². The second-order valence-corrected chi connectivity index (χ2v) is 5.24. The van der Waals surface area contributed by atoms with Crippen molar-refractivity contribution in [2.45, 2.75) is 57.8 Å². The molecule has 6 nitrogen and oxygen atoms in total. The second-order valence-electron chi connectivity index (χ2n) is 5.24. The predicted molar refractivity (Wildman–Crippen MR) is 85.4 cm³/mol. The molecule has 0 aliphatic carbocycles. The summed E-state index contributed by atoms with van der Waals surface area (Å²) in [4.78, 5) is 32.4. The molecule has 0 unspecified atom stereocenters. The lowest BCUT2D eigenvalue weighted by atomic mass is 10.1. The highest BCUT2D eigenvalue weighted by Crippen LogP contribution is 2.09. The lowest BCUT2D eigenvalue weighted by Gasteiger charge is -2.04. The number of hydrogen-bond acceptors (Lipinski definition) is 3. The van der Waals surface area contributed by atoms with E-state index < -0.39 is 5.97 Å². The maximum atomic E-state index is 11.2. The van der Waals surface area contributed by atoms with E-state index in [-0.39, 0.29) is 18.4 Å². The lowest BCUT2D eigenvalue weighted by Crippen LogP contribution is -2.28. The molecule has 0 spiro atoms. The van der Waals surface area contributed by atoms with Crippen LogP contribution >= 0.6 is 0 Å². The lowest BCUT2D eigenvalue weighted by molar-refractivity contribution is -0.137. The first-order chi connectivity index (χ1) is 10.6. The Kier molecular flexibility index (Phi) is 12.9. The summed E-state index contributed by atoms with van der Waals surface area (Å²) in [5, 5.41) is 13.5. The molecule has 6 heteroatoms. The Balaban J connectivity index is 3.20. The second kappa shape index (κ2) is 14.1. The zero-order valence-corrected chi connectivity index (χ0v) is 13.2. The van der Waals surface area contributed by atoms with E-state index in [2.05, 4.69) is 17.2 Å². The van der Waals surface area contributed by atoms with Crippen molar-refractivity contribution in [1.29, 1.82) is 0 Å². The Morgan fingerprint density at radius 2 is 1.41 bits per heavy atom. The van der Waals surface area contributed by atoms with Crippen LogP contribution in [0.3, 0.4) is 0 Å². The first-order valence-corrected chi connectivity index (χ1v) is 7.95. The van der Waals surface area contributed by atoms with Gasteiger partial charge >= 0.3 is 5.97 Å². The van der Waals surface area contributed by atoms with Crippen molar-refractivity contribution in [1.82, 2.24) is 10.6 Å². The molecule has 0 rings (SSSR count). The van der Waals surface area contributed by atoms with Gasteiger partial charge in [0.25, 0.3) is 0 Å². The van der Waals surface area contributed by atoms with Gasteiger partial charge in [0.05, 0.1) is 0 Å². The third-order valence-electron chi connectivity index (χ3n) is 3.25. The number of hydrogen-bond donors (Lipinski definition) is 3. The van der Waals surface area contributed by atoms with Gasteiger partial charge in [-0.15, -0.1) is 0 Å². The third-order valence-corrected chi connectivity index (χ3v) is 3.25. The molecule has 0 saturated carbocycles. The minimum absolute atomic E-state index is 0.118. The number of carbonyl (C=O) groups is 3. The van der Waals surface area contributed by atoms with Crippen molar-refractivity contribution in [2.24, 2.45) is 0 Å². The van der Waals surface area contributed by atoms with Crippen LogP contribution in [0, 0.1) is 0 Å². The van der Waals surface area contributed by atoms with Gasteiger partial charge in [-0.3, -0.25) is 14.4 Å². The number of carboxylic acids is 1. The summed E-state index contributed by atoms with van der Waals surface area (Å²) in [6, 6.07) is 0. The monoisotopic (exact) mass is 312 g/mol. The Bertz CT molecular complexity index is 356. The first kappa shape index (κ1) is 20.1. The molecule has 0 aromatic rings. The van der Waals surface area contributed by atoms with Crippen molar-refractivity contribution >= 4 is 17.8 Å². The van der Waals surface area contributed by atoms with Crippen molar-refractivity contribution < 1.29 is 19.5 Å². The number of nitrogens with one attached hydrogen (secondary N) is 2. The molecule has 0 aliphatic heterocycles. The van der Waals surface area contributed by atoms with Crippen molar-refractivity contribution in [2.75, 3.05) is 13.1 Å². The van der Waals surface area contributed by atoms with Crippen molar-refractivity contribution in [3.8, 4) is 0 Å². The van der Waals surface area contributed by atoms with Gasteiger partial charge in [0, 0.05) is 13.0 Å². The highest BCUT2D eigenvalue weighted by molar-refractivity contribution is 5.86. The molecule has 0 fully saturated rings. The molecule has 22 heavy (non-hydrogen) atoms. The molecule has 0 aromatic heterocycles. The molecule has 126 valence electrons. The van der Waals surface area contributed by atoms with E-state index in [0.717, 1.165) is 44.9 Å². The largest absolute Gasteiger partial charge is 0.480 e. The maximum absolute atomic E-state index is 11.2. The van der Waals surface area contributed by atoms with Gasteiger partial charge in [0.1, 0.15) is 6.54 Å². The fraction of sp³-hybridized carbons (Fsp3) is 0.688. The molecule has 0 atom stereocenters. The van der Waals surface area contributed by atoms with Gasteiger partial charge in [-0.2, -0.15) is 0 Å². The number of carbonyl (C=O) groups excluding carboxylic acids is 2. The van der Waals surface area contributed by atoms with Crippen molar-refractivity contribution in [3.63, 3.8) is 0 Å². The number of unbranched alkanes of at least 4 members (excludes halogenated alkanes) is 7. The van der Waals surface area contributed by atoms with Crippen LogP contribution in [0.15, 0.2) is 12.7 Å². The van der Waals surface area contributed by atoms with E-state index >= 15 is 0 Å². The SMILES string of the molecule is C=CC(=O)NCCCCCCCCCCC(=O)NCC(=O)O. The van der Waals surface area contributed by atoms with E-state index in [1.165, 1.54) is 12.5 Å². The molecule has 0 radical (unpaired) electrons. The van der Waals surface area contributed by atoms with Crippen LogP contribution < -0.4 is 10.6 Å². The van der Waals surface area contributed by atoms with Gasteiger partial charge in [-0.25, -0.2) is 0 Å². The minimum atomic E-state index is -1.02. The van der Waals surface area contributed by atoms with Crippen LogP contribution in [0.5, 0.6) is 0 Å². The van der Waals surface area contributed by atoms with E-state index in [0.29, 0.717) is 13.0 Å². The fourth-order valence-corrected chi connectivity index (χ4v) is 2.02. The van der Waals surface area contributed by atoms with E-state index in [9.17, 15) is 14.4 Å². The Morgan fingerprint density at radius 3 is 1.95 bits per heavy atom. The van der Waals surface area contributed by atoms with Crippen LogP contribution in [0.4, 0.5) is 0 Å². The van der Waals surface area contributed by atoms with Gasteiger partial charge in [-0.1, -0.05) is 45.1 Å². The van der Waals surface area contributed by atoms with Crippen molar-refractivity contribution in [3.05, 3.63) is 12.7 Å². The summed E-state index contributed by atoms with van der Waals surface area (Å²) in [5.74, 6) is -1.33. The summed E-state index contributed by atoms with van der Waals surface area (Å²) in [5.41, 5.74) is 0. The highest BCUT2D eigenvalue weighted by atomic mass is 16.4. The van der Waals surface area contributed by atoms with Crippen LogP contribution in [-0.2, 0) is 14.4 Å². The summed E-state index contributed by atoms with van der Waals surface area (Å²) in [7, 11) is 0. The van der Waals surface area contributed by atoms with Crippen LogP contribution in [-0.4, -0.2) is 36.0 Å². The number of rotatable bonds is 14.